The zero-order valence-corrected chi connectivity index (χ0v) is 14.8. The van der Waals surface area contributed by atoms with Gasteiger partial charge in [0.2, 0.25) is 10.0 Å². The van der Waals surface area contributed by atoms with Crippen LogP contribution in [0.15, 0.2) is 17.6 Å². The Balaban J connectivity index is 0.00000361. The van der Waals surface area contributed by atoms with Crippen molar-refractivity contribution in [3.8, 4) is 0 Å². The zero-order chi connectivity index (χ0) is 14.1. The summed E-state index contributed by atoms with van der Waals surface area (Å²) in [4.78, 5) is 3.98. The van der Waals surface area contributed by atoms with Gasteiger partial charge in [-0.25, -0.2) is 8.42 Å². The van der Waals surface area contributed by atoms with Gasteiger partial charge < -0.3 is 15.4 Å². The first-order chi connectivity index (χ1) is 9.10. The van der Waals surface area contributed by atoms with Gasteiger partial charge in [0.05, 0.1) is 19.0 Å². The van der Waals surface area contributed by atoms with Crippen molar-refractivity contribution < 1.29 is 13.2 Å². The molecule has 0 aromatic carbocycles. The van der Waals surface area contributed by atoms with Crippen LogP contribution in [0.5, 0.6) is 0 Å². The minimum Gasteiger partial charge on any atom is -0.379 e. The van der Waals surface area contributed by atoms with Crippen LogP contribution in [0.4, 0.5) is 0 Å². The molecule has 0 amide bonds. The lowest BCUT2D eigenvalue weighted by molar-refractivity contribution is 0.0730. The summed E-state index contributed by atoms with van der Waals surface area (Å²) in [6, 6.07) is 0. The summed E-state index contributed by atoms with van der Waals surface area (Å²) in [6.45, 7) is 6.29. The van der Waals surface area contributed by atoms with Crippen LogP contribution in [0.3, 0.4) is 0 Å². The molecule has 0 aliphatic carbocycles. The van der Waals surface area contributed by atoms with E-state index < -0.39 is 10.0 Å². The molecule has 20 heavy (non-hydrogen) atoms. The van der Waals surface area contributed by atoms with Gasteiger partial charge in [-0.15, -0.1) is 30.6 Å². The lowest BCUT2D eigenvalue weighted by Gasteiger charge is -2.26. The fourth-order valence-electron chi connectivity index (χ4n) is 1.64. The molecule has 118 valence electrons. The van der Waals surface area contributed by atoms with Crippen LogP contribution in [-0.4, -0.2) is 70.9 Å². The largest absolute Gasteiger partial charge is 0.379 e. The molecular weight excluding hydrogens is 395 g/mol. The van der Waals surface area contributed by atoms with E-state index in [2.05, 4.69) is 22.2 Å². The lowest BCUT2D eigenvalue weighted by atomic mass is 10.5. The van der Waals surface area contributed by atoms with Crippen molar-refractivity contribution in [2.45, 2.75) is 0 Å². The SMILES string of the molecule is C=CCNC(=NC)NCCS(=O)(=O)N1CCOCC1.I. The van der Waals surface area contributed by atoms with Crippen LogP contribution < -0.4 is 10.6 Å². The van der Waals surface area contributed by atoms with Crippen LogP contribution >= 0.6 is 24.0 Å². The summed E-state index contributed by atoms with van der Waals surface area (Å²) in [5.74, 6) is 0.610. The van der Waals surface area contributed by atoms with Gasteiger partial charge in [-0.3, -0.25) is 4.99 Å². The quantitative estimate of drug-likeness (QED) is 0.266. The average molecular weight is 418 g/mol. The molecule has 0 spiro atoms. The molecule has 0 aromatic heterocycles. The van der Waals surface area contributed by atoms with Crippen molar-refractivity contribution in [3.63, 3.8) is 0 Å². The van der Waals surface area contributed by atoms with E-state index in [4.69, 9.17) is 4.74 Å². The minimum atomic E-state index is -3.22. The number of guanidine groups is 1. The van der Waals surface area contributed by atoms with Crippen LogP contribution in [0.2, 0.25) is 0 Å². The normalized spacial score (nSPS) is 17.1. The molecule has 0 aromatic rings. The smallest absolute Gasteiger partial charge is 0.215 e. The predicted molar refractivity (Wildman–Crippen MR) is 91.2 cm³/mol. The van der Waals surface area contributed by atoms with Gasteiger partial charge in [0, 0.05) is 33.2 Å². The Hall–Kier alpha value is -0.390. The Morgan fingerprint density at radius 3 is 2.60 bits per heavy atom. The fraction of sp³-hybridized carbons (Fsp3) is 0.727. The van der Waals surface area contributed by atoms with Crippen molar-refractivity contribution in [1.82, 2.24) is 14.9 Å². The van der Waals surface area contributed by atoms with E-state index in [1.807, 2.05) is 0 Å². The van der Waals surface area contributed by atoms with Crippen LogP contribution in [0.1, 0.15) is 0 Å². The number of halogens is 1. The topological polar surface area (TPSA) is 83.0 Å². The van der Waals surface area contributed by atoms with E-state index in [0.29, 0.717) is 45.4 Å². The molecule has 1 aliphatic rings. The van der Waals surface area contributed by atoms with Gasteiger partial charge in [-0.05, 0) is 0 Å². The van der Waals surface area contributed by atoms with Gasteiger partial charge in [0.1, 0.15) is 0 Å². The second-order valence-corrected chi connectivity index (χ2v) is 6.08. The summed E-state index contributed by atoms with van der Waals surface area (Å²) >= 11 is 0. The average Bonchev–Trinajstić information content (AvgIpc) is 2.43. The monoisotopic (exact) mass is 418 g/mol. The van der Waals surface area contributed by atoms with Crippen LogP contribution in [0, 0.1) is 0 Å². The van der Waals surface area contributed by atoms with Crippen molar-refractivity contribution in [3.05, 3.63) is 12.7 Å². The summed E-state index contributed by atoms with van der Waals surface area (Å²) < 4.78 is 30.7. The number of ether oxygens (including phenoxy) is 1. The number of hydrogen-bond acceptors (Lipinski definition) is 4. The molecule has 1 heterocycles. The molecule has 0 radical (unpaired) electrons. The summed E-state index contributed by atoms with van der Waals surface area (Å²) in [5.41, 5.74) is 0. The predicted octanol–water partition coefficient (Wildman–Crippen LogP) is -0.383. The van der Waals surface area contributed by atoms with E-state index >= 15 is 0 Å². The van der Waals surface area contributed by atoms with Crippen molar-refractivity contribution in [2.75, 3.05) is 52.2 Å². The Labute approximate surface area is 137 Å². The molecule has 1 aliphatic heterocycles. The molecule has 9 heteroatoms. The van der Waals surface area contributed by atoms with Gasteiger partial charge in [0.25, 0.3) is 0 Å². The van der Waals surface area contributed by atoms with E-state index in [1.165, 1.54) is 4.31 Å². The maximum Gasteiger partial charge on any atom is 0.215 e. The van der Waals surface area contributed by atoms with E-state index in [1.54, 1.807) is 13.1 Å². The molecule has 0 atom stereocenters. The lowest BCUT2D eigenvalue weighted by Crippen LogP contribution is -2.45. The van der Waals surface area contributed by atoms with Crippen LogP contribution in [-0.2, 0) is 14.8 Å². The van der Waals surface area contributed by atoms with Crippen molar-refractivity contribution in [1.29, 1.82) is 0 Å². The number of nitrogens with one attached hydrogen (secondary N) is 2. The summed E-state index contributed by atoms with van der Waals surface area (Å²) in [6.07, 6.45) is 1.71. The molecule has 1 rings (SSSR count). The summed E-state index contributed by atoms with van der Waals surface area (Å²) in [5, 5.41) is 5.93. The molecule has 7 nitrogen and oxygen atoms in total. The van der Waals surface area contributed by atoms with E-state index in [9.17, 15) is 8.42 Å². The van der Waals surface area contributed by atoms with E-state index in [0.717, 1.165) is 0 Å². The third-order valence-corrected chi connectivity index (χ3v) is 4.53. The van der Waals surface area contributed by atoms with Gasteiger partial charge in [-0.2, -0.15) is 4.31 Å². The highest BCUT2D eigenvalue weighted by Crippen LogP contribution is 2.04. The van der Waals surface area contributed by atoms with Crippen molar-refractivity contribution in [2.24, 2.45) is 4.99 Å². The third kappa shape index (κ3) is 6.86. The molecule has 1 fully saturated rings. The number of morpholine rings is 1. The second kappa shape index (κ2) is 10.4. The highest BCUT2D eigenvalue weighted by molar-refractivity contribution is 14.0. The van der Waals surface area contributed by atoms with E-state index in [-0.39, 0.29) is 29.7 Å². The third-order valence-electron chi connectivity index (χ3n) is 2.65. The Morgan fingerprint density at radius 2 is 2.05 bits per heavy atom. The molecule has 1 saturated heterocycles. The number of nitrogens with zero attached hydrogens (tertiary/aromatic N) is 2. The molecule has 0 unspecified atom stereocenters. The summed E-state index contributed by atoms with van der Waals surface area (Å²) in [7, 11) is -1.59. The van der Waals surface area contributed by atoms with Crippen molar-refractivity contribution >= 4 is 40.0 Å². The Morgan fingerprint density at radius 1 is 1.40 bits per heavy atom. The minimum absolute atomic E-state index is 0. The van der Waals surface area contributed by atoms with Gasteiger partial charge in [-0.1, -0.05) is 6.08 Å². The highest BCUT2D eigenvalue weighted by Gasteiger charge is 2.23. The number of rotatable bonds is 6. The zero-order valence-electron chi connectivity index (χ0n) is 11.7. The number of hydrogen-bond donors (Lipinski definition) is 2. The van der Waals surface area contributed by atoms with Gasteiger partial charge >= 0.3 is 0 Å². The first-order valence-electron chi connectivity index (χ1n) is 6.21. The highest BCUT2D eigenvalue weighted by atomic mass is 127. The Bertz CT molecular complexity index is 408. The fourth-order valence-corrected chi connectivity index (χ4v) is 2.97. The maximum absolute atomic E-state index is 12.0. The first kappa shape index (κ1) is 19.6. The van der Waals surface area contributed by atoms with Crippen LogP contribution in [0.25, 0.3) is 0 Å². The number of aliphatic imine (C=N–C) groups is 1. The molecule has 2 N–H and O–H groups in total. The second-order valence-electron chi connectivity index (χ2n) is 4.00. The molecular formula is C11H23IN4O3S. The standard InChI is InChI=1S/C11H22N4O3S.HI/c1-3-4-13-11(12-2)14-5-10-19(16,17)15-6-8-18-9-7-15;/h3H,1,4-10H2,2H3,(H2,12,13,14);1H. The molecule has 0 bridgehead atoms. The van der Waals surface area contributed by atoms with Gasteiger partial charge in [0.15, 0.2) is 5.96 Å². The maximum atomic E-state index is 12.0. The number of sulfonamides is 1. The molecule has 0 saturated carbocycles. The Kier molecular flexibility index (Phi) is 10.2. The first-order valence-corrected chi connectivity index (χ1v) is 7.82.